The van der Waals surface area contributed by atoms with Gasteiger partial charge >= 0.3 is 5.97 Å². The number of carbonyl (C=O) groups is 1. The third-order valence-electron chi connectivity index (χ3n) is 7.02. The van der Waals surface area contributed by atoms with E-state index in [9.17, 15) is 4.79 Å². The summed E-state index contributed by atoms with van der Waals surface area (Å²) in [6.07, 6.45) is 7.02. The summed E-state index contributed by atoms with van der Waals surface area (Å²) < 4.78 is 5.90. The monoisotopic (exact) mass is 356 g/mol. The Morgan fingerprint density at radius 3 is 2.62 bits per heavy atom. The van der Waals surface area contributed by atoms with Gasteiger partial charge in [-0.25, -0.2) is 0 Å². The molecule has 2 heterocycles. The van der Waals surface area contributed by atoms with Gasteiger partial charge in [-0.15, -0.1) is 0 Å². The topological polar surface area (TPSA) is 55.6 Å². The minimum Gasteiger partial charge on any atom is -0.458 e. The Morgan fingerprint density at radius 1 is 1.15 bits per heavy atom. The molecule has 4 heteroatoms. The first-order chi connectivity index (χ1) is 12.7. The van der Waals surface area contributed by atoms with Crippen molar-refractivity contribution in [2.45, 2.75) is 69.6 Å². The maximum absolute atomic E-state index is 12.7. The molecule has 3 fully saturated rings. The van der Waals surface area contributed by atoms with Crippen molar-refractivity contribution in [3.8, 4) is 0 Å². The molecule has 4 nitrogen and oxygen atoms in total. The van der Waals surface area contributed by atoms with Crippen molar-refractivity contribution >= 4 is 5.97 Å². The van der Waals surface area contributed by atoms with Crippen LogP contribution in [0.15, 0.2) is 30.3 Å². The number of hydrogen-bond donors (Lipinski definition) is 1. The molecule has 1 aliphatic carbocycles. The number of esters is 1. The number of rotatable bonds is 4. The van der Waals surface area contributed by atoms with Crippen LogP contribution in [0.1, 0.15) is 56.9 Å². The summed E-state index contributed by atoms with van der Waals surface area (Å²) in [5, 5.41) is 0. The van der Waals surface area contributed by atoms with Gasteiger partial charge in [0.1, 0.15) is 12.1 Å². The molecule has 6 atom stereocenters. The number of cyclic esters (lactones) is 1. The smallest absolute Gasteiger partial charge is 0.323 e. The fraction of sp³-hybridized carbons (Fsp3) is 0.682. The number of nitrogens with zero attached hydrogens (tertiary/aromatic N) is 1. The van der Waals surface area contributed by atoms with Crippen LogP contribution in [0.2, 0.25) is 0 Å². The Bertz CT molecular complexity index is 620. The zero-order valence-electron chi connectivity index (χ0n) is 15.8. The van der Waals surface area contributed by atoms with Crippen LogP contribution in [-0.4, -0.2) is 42.1 Å². The summed E-state index contributed by atoms with van der Waals surface area (Å²) in [6.45, 7) is 4.01. The third-order valence-corrected chi connectivity index (χ3v) is 7.02. The van der Waals surface area contributed by atoms with E-state index < -0.39 is 0 Å². The molecule has 1 saturated carbocycles. The van der Waals surface area contributed by atoms with E-state index in [0.29, 0.717) is 0 Å². The normalized spacial score (nSPS) is 34.3. The van der Waals surface area contributed by atoms with Gasteiger partial charge in [-0.3, -0.25) is 9.69 Å². The molecule has 142 valence electrons. The second-order valence-corrected chi connectivity index (χ2v) is 8.49. The van der Waals surface area contributed by atoms with E-state index >= 15 is 0 Å². The van der Waals surface area contributed by atoms with E-state index in [1.807, 2.05) is 6.07 Å². The van der Waals surface area contributed by atoms with Crippen LogP contribution in [0.25, 0.3) is 0 Å². The van der Waals surface area contributed by atoms with Crippen LogP contribution in [0.4, 0.5) is 0 Å². The van der Waals surface area contributed by atoms with Gasteiger partial charge in [-0.2, -0.15) is 0 Å². The van der Waals surface area contributed by atoms with Crippen LogP contribution in [0.5, 0.6) is 0 Å². The Kier molecular flexibility index (Phi) is 5.32. The fourth-order valence-corrected chi connectivity index (χ4v) is 5.53. The quantitative estimate of drug-likeness (QED) is 0.841. The average Bonchev–Trinajstić information content (AvgIpc) is 2.68. The molecule has 0 spiro atoms. The van der Waals surface area contributed by atoms with Crippen molar-refractivity contribution in [3.63, 3.8) is 0 Å². The third kappa shape index (κ3) is 3.41. The van der Waals surface area contributed by atoms with Crippen molar-refractivity contribution in [2.75, 3.05) is 13.1 Å². The predicted octanol–water partition coefficient (Wildman–Crippen LogP) is 3.31. The molecule has 1 aromatic rings. The minimum atomic E-state index is -0.205. The molecule has 4 rings (SSSR count). The molecule has 0 aromatic heterocycles. The molecule has 0 radical (unpaired) electrons. The van der Waals surface area contributed by atoms with E-state index in [1.54, 1.807) is 0 Å². The van der Waals surface area contributed by atoms with Gasteiger partial charge in [0, 0.05) is 25.0 Å². The predicted molar refractivity (Wildman–Crippen MR) is 103 cm³/mol. The highest BCUT2D eigenvalue weighted by atomic mass is 16.6. The number of benzene rings is 1. The lowest BCUT2D eigenvalue weighted by atomic mass is 9.72. The number of carbonyl (C=O) groups excluding carboxylic acids is 1. The number of morpholine rings is 1. The Morgan fingerprint density at radius 2 is 1.88 bits per heavy atom. The second-order valence-electron chi connectivity index (χ2n) is 8.49. The summed E-state index contributed by atoms with van der Waals surface area (Å²) in [4.78, 5) is 15.1. The maximum atomic E-state index is 12.7. The number of ether oxygens (including phenoxy) is 1. The molecule has 2 saturated heterocycles. The summed E-state index contributed by atoms with van der Waals surface area (Å²) >= 11 is 0. The van der Waals surface area contributed by atoms with Gasteiger partial charge in [0.15, 0.2) is 0 Å². The van der Waals surface area contributed by atoms with E-state index in [4.69, 9.17) is 10.5 Å². The molecule has 1 unspecified atom stereocenters. The lowest BCUT2D eigenvalue weighted by Gasteiger charge is -2.49. The lowest BCUT2D eigenvalue weighted by Crippen LogP contribution is -2.62. The van der Waals surface area contributed by atoms with Crippen molar-refractivity contribution in [1.82, 2.24) is 4.90 Å². The number of nitrogens with two attached hydrogens (primary N) is 1. The van der Waals surface area contributed by atoms with Gasteiger partial charge in [-0.05, 0) is 36.7 Å². The summed E-state index contributed by atoms with van der Waals surface area (Å²) in [5.41, 5.74) is 7.89. The summed E-state index contributed by atoms with van der Waals surface area (Å²) in [7, 11) is 0. The van der Waals surface area contributed by atoms with Gasteiger partial charge in [-0.1, -0.05) is 56.5 Å². The average molecular weight is 357 g/mol. The van der Waals surface area contributed by atoms with Crippen molar-refractivity contribution < 1.29 is 9.53 Å². The van der Waals surface area contributed by atoms with Crippen LogP contribution < -0.4 is 5.73 Å². The Labute approximate surface area is 157 Å². The molecule has 2 N–H and O–H groups in total. The minimum absolute atomic E-state index is 0.0328. The van der Waals surface area contributed by atoms with Gasteiger partial charge in [0.25, 0.3) is 0 Å². The highest BCUT2D eigenvalue weighted by molar-refractivity contribution is 5.77. The fourth-order valence-electron chi connectivity index (χ4n) is 5.53. The molecule has 2 aliphatic heterocycles. The number of hydrogen-bond acceptors (Lipinski definition) is 4. The standard InChI is InChI=1S/C22H32N2O2/c1-2-18(15-8-4-3-5-9-15)21(23)20-14-24-13-17-11-7-6-10-16(17)12-19(24)22(25)26-20/h3-5,8-9,16-21H,2,6-7,10-14,23H2,1H3/t16-,17+,18?,19-,20+,21-/m0/s1. The van der Waals surface area contributed by atoms with Gasteiger partial charge < -0.3 is 10.5 Å². The van der Waals surface area contributed by atoms with Crippen LogP contribution in [0.3, 0.4) is 0 Å². The van der Waals surface area contributed by atoms with E-state index in [2.05, 4.69) is 36.1 Å². The van der Waals surface area contributed by atoms with E-state index in [0.717, 1.165) is 37.8 Å². The van der Waals surface area contributed by atoms with Crippen molar-refractivity contribution in [3.05, 3.63) is 35.9 Å². The van der Waals surface area contributed by atoms with Crippen LogP contribution in [-0.2, 0) is 9.53 Å². The first kappa shape index (κ1) is 18.0. The number of fused-ring (bicyclic) bond motifs is 2. The summed E-state index contributed by atoms with van der Waals surface area (Å²) in [6, 6.07) is 10.2. The number of piperidine rings is 1. The molecular formula is C22H32N2O2. The summed E-state index contributed by atoms with van der Waals surface area (Å²) in [5.74, 6) is 1.66. The molecule has 0 bridgehead atoms. The van der Waals surface area contributed by atoms with Gasteiger partial charge in [0.05, 0.1) is 0 Å². The highest BCUT2D eigenvalue weighted by Gasteiger charge is 2.46. The SMILES string of the molecule is CCC(c1ccccc1)[C@H](N)[C@H]1CN2C[C@H]3CCCC[C@H]3C[C@H]2C(=O)O1. The lowest BCUT2D eigenvalue weighted by molar-refractivity contribution is -0.174. The van der Waals surface area contributed by atoms with E-state index in [1.165, 1.54) is 31.2 Å². The molecule has 0 amide bonds. The molecule has 26 heavy (non-hydrogen) atoms. The second kappa shape index (κ2) is 7.69. The van der Waals surface area contributed by atoms with E-state index in [-0.39, 0.29) is 30.1 Å². The molecule has 3 aliphatic rings. The zero-order valence-corrected chi connectivity index (χ0v) is 15.8. The van der Waals surface area contributed by atoms with Crippen molar-refractivity contribution in [2.24, 2.45) is 17.6 Å². The zero-order chi connectivity index (χ0) is 18.1. The first-order valence-electron chi connectivity index (χ1n) is 10.4. The Balaban J connectivity index is 1.47. The molecule has 1 aromatic carbocycles. The van der Waals surface area contributed by atoms with Crippen LogP contribution in [0, 0.1) is 11.8 Å². The maximum Gasteiger partial charge on any atom is 0.323 e. The highest BCUT2D eigenvalue weighted by Crippen LogP contribution is 2.40. The largest absolute Gasteiger partial charge is 0.458 e. The molecular weight excluding hydrogens is 324 g/mol. The van der Waals surface area contributed by atoms with Crippen LogP contribution >= 0.6 is 0 Å². The van der Waals surface area contributed by atoms with Gasteiger partial charge in [0.2, 0.25) is 0 Å². The Hall–Kier alpha value is -1.39. The first-order valence-corrected chi connectivity index (χ1v) is 10.4. The van der Waals surface area contributed by atoms with Crippen molar-refractivity contribution in [1.29, 1.82) is 0 Å².